The van der Waals surface area contributed by atoms with Gasteiger partial charge in [-0.25, -0.2) is 9.48 Å². The SMILES string of the molecule is O=c1n(CC(F)(F)F)nc2n1CCNC2. The molecule has 0 aromatic carbocycles. The summed E-state index contributed by atoms with van der Waals surface area (Å²) in [5.74, 6) is 0.357. The zero-order valence-corrected chi connectivity index (χ0v) is 7.71. The Morgan fingerprint density at radius 3 is 2.80 bits per heavy atom. The van der Waals surface area contributed by atoms with E-state index in [0.29, 0.717) is 30.1 Å². The van der Waals surface area contributed by atoms with Crippen molar-refractivity contribution < 1.29 is 13.2 Å². The summed E-state index contributed by atoms with van der Waals surface area (Å²) in [5.41, 5.74) is -0.691. The normalized spacial score (nSPS) is 16.5. The summed E-state index contributed by atoms with van der Waals surface area (Å²) in [6.07, 6.45) is -4.41. The molecule has 1 N–H and O–H groups in total. The molecule has 0 saturated heterocycles. The lowest BCUT2D eigenvalue weighted by Gasteiger charge is -2.11. The molecule has 0 amide bonds. The Hall–Kier alpha value is -1.31. The first-order valence-electron chi connectivity index (χ1n) is 4.41. The molecule has 0 bridgehead atoms. The zero-order valence-electron chi connectivity index (χ0n) is 7.71. The summed E-state index contributed by atoms with van der Waals surface area (Å²) in [6, 6.07) is 0. The summed E-state index contributed by atoms with van der Waals surface area (Å²) >= 11 is 0. The monoisotopic (exact) mass is 222 g/mol. The third-order valence-electron chi connectivity index (χ3n) is 2.12. The maximum atomic E-state index is 12.1. The van der Waals surface area contributed by atoms with Gasteiger partial charge in [0.05, 0.1) is 6.54 Å². The van der Waals surface area contributed by atoms with E-state index in [1.165, 1.54) is 4.57 Å². The number of aromatic nitrogens is 3. The minimum atomic E-state index is -4.41. The van der Waals surface area contributed by atoms with E-state index >= 15 is 0 Å². The second-order valence-electron chi connectivity index (χ2n) is 3.30. The van der Waals surface area contributed by atoms with Crippen LogP contribution in [-0.4, -0.2) is 27.1 Å². The predicted molar refractivity (Wildman–Crippen MR) is 44.2 cm³/mol. The standard InChI is InChI=1S/C7H9F3N4O/c8-7(9,10)4-14-6(15)13-2-1-11-3-5(13)12-14/h11H,1-4H2. The first-order valence-corrected chi connectivity index (χ1v) is 4.41. The van der Waals surface area contributed by atoms with E-state index in [1.54, 1.807) is 0 Å². The fraction of sp³-hybridized carbons (Fsp3) is 0.714. The molecule has 15 heavy (non-hydrogen) atoms. The highest BCUT2D eigenvalue weighted by Crippen LogP contribution is 2.16. The maximum Gasteiger partial charge on any atom is 0.408 e. The number of rotatable bonds is 1. The van der Waals surface area contributed by atoms with E-state index < -0.39 is 18.4 Å². The lowest BCUT2D eigenvalue weighted by molar-refractivity contribution is -0.143. The molecule has 0 unspecified atom stereocenters. The van der Waals surface area contributed by atoms with Gasteiger partial charge in [0.1, 0.15) is 12.4 Å². The van der Waals surface area contributed by atoms with Gasteiger partial charge in [0.25, 0.3) is 0 Å². The highest BCUT2D eigenvalue weighted by molar-refractivity contribution is 4.91. The molecule has 84 valence electrons. The fourth-order valence-corrected chi connectivity index (χ4v) is 1.51. The van der Waals surface area contributed by atoms with Crippen molar-refractivity contribution in [3.05, 3.63) is 16.3 Å². The molecule has 0 atom stereocenters. The van der Waals surface area contributed by atoms with Crippen molar-refractivity contribution in [2.24, 2.45) is 0 Å². The minimum absolute atomic E-state index is 0.333. The summed E-state index contributed by atoms with van der Waals surface area (Å²) < 4.78 is 37.9. The first kappa shape index (κ1) is 10.2. The van der Waals surface area contributed by atoms with Crippen LogP contribution in [0.25, 0.3) is 0 Å². The Morgan fingerprint density at radius 2 is 2.20 bits per heavy atom. The van der Waals surface area contributed by atoms with Crippen LogP contribution in [0.5, 0.6) is 0 Å². The molecule has 0 radical (unpaired) electrons. The molecular formula is C7H9F3N4O. The number of halogens is 3. The van der Waals surface area contributed by atoms with Crippen molar-refractivity contribution in [1.82, 2.24) is 19.7 Å². The van der Waals surface area contributed by atoms with E-state index in [2.05, 4.69) is 10.4 Å². The van der Waals surface area contributed by atoms with Crippen LogP contribution in [0.4, 0.5) is 13.2 Å². The average Bonchev–Trinajstić information content (AvgIpc) is 2.42. The summed E-state index contributed by atoms with van der Waals surface area (Å²) in [4.78, 5) is 11.4. The number of fused-ring (bicyclic) bond motifs is 1. The molecule has 1 aromatic rings. The minimum Gasteiger partial charge on any atom is -0.308 e. The maximum absolute atomic E-state index is 12.1. The van der Waals surface area contributed by atoms with E-state index in [4.69, 9.17) is 0 Å². The van der Waals surface area contributed by atoms with Crippen molar-refractivity contribution in [3.63, 3.8) is 0 Å². The van der Waals surface area contributed by atoms with Crippen molar-refractivity contribution in [1.29, 1.82) is 0 Å². The molecule has 2 heterocycles. The van der Waals surface area contributed by atoms with E-state index in [0.717, 1.165) is 0 Å². The van der Waals surface area contributed by atoms with Crippen LogP contribution in [0.1, 0.15) is 5.82 Å². The van der Waals surface area contributed by atoms with Crippen LogP contribution >= 0.6 is 0 Å². The Kier molecular flexibility index (Phi) is 2.29. The Balaban J connectivity index is 2.34. The second-order valence-corrected chi connectivity index (χ2v) is 3.30. The molecule has 0 aliphatic carbocycles. The van der Waals surface area contributed by atoms with Crippen molar-refractivity contribution in [3.8, 4) is 0 Å². The Morgan fingerprint density at radius 1 is 1.47 bits per heavy atom. The van der Waals surface area contributed by atoms with Gasteiger partial charge in [0.2, 0.25) is 0 Å². The quantitative estimate of drug-likeness (QED) is 0.710. The number of nitrogens with one attached hydrogen (secondary N) is 1. The van der Waals surface area contributed by atoms with Gasteiger partial charge in [0.15, 0.2) is 0 Å². The molecule has 1 aliphatic rings. The zero-order chi connectivity index (χ0) is 11.1. The highest BCUT2D eigenvalue weighted by atomic mass is 19.4. The van der Waals surface area contributed by atoms with E-state index in [1.807, 2.05) is 0 Å². The van der Waals surface area contributed by atoms with Gasteiger partial charge < -0.3 is 5.32 Å². The van der Waals surface area contributed by atoms with Crippen LogP contribution in [0.2, 0.25) is 0 Å². The first-order chi connectivity index (χ1) is 6.97. The lowest BCUT2D eigenvalue weighted by atomic mass is 10.4. The summed E-state index contributed by atoms with van der Waals surface area (Å²) in [7, 11) is 0. The molecule has 1 aromatic heterocycles. The smallest absolute Gasteiger partial charge is 0.308 e. The van der Waals surface area contributed by atoms with Crippen LogP contribution in [0.3, 0.4) is 0 Å². The van der Waals surface area contributed by atoms with Crippen LogP contribution in [-0.2, 0) is 19.6 Å². The van der Waals surface area contributed by atoms with Crippen LogP contribution < -0.4 is 11.0 Å². The molecule has 1 aliphatic heterocycles. The van der Waals surface area contributed by atoms with E-state index in [9.17, 15) is 18.0 Å². The Labute approximate surface area is 82.5 Å². The van der Waals surface area contributed by atoms with Gasteiger partial charge in [-0.1, -0.05) is 0 Å². The molecule has 0 saturated carbocycles. The number of nitrogens with zero attached hydrogens (tertiary/aromatic N) is 3. The largest absolute Gasteiger partial charge is 0.408 e. The molecular weight excluding hydrogens is 213 g/mol. The van der Waals surface area contributed by atoms with E-state index in [-0.39, 0.29) is 0 Å². The van der Waals surface area contributed by atoms with Crippen molar-refractivity contribution >= 4 is 0 Å². The van der Waals surface area contributed by atoms with Gasteiger partial charge in [-0.2, -0.15) is 18.3 Å². The third kappa shape index (κ3) is 2.04. The van der Waals surface area contributed by atoms with Gasteiger partial charge >= 0.3 is 11.9 Å². The number of alkyl halides is 3. The van der Waals surface area contributed by atoms with Gasteiger partial charge in [-0.05, 0) is 0 Å². The Bertz CT molecular complexity index is 419. The van der Waals surface area contributed by atoms with Gasteiger partial charge in [-0.3, -0.25) is 4.57 Å². The topological polar surface area (TPSA) is 51.9 Å². The fourth-order valence-electron chi connectivity index (χ4n) is 1.51. The molecule has 5 nitrogen and oxygen atoms in total. The van der Waals surface area contributed by atoms with Gasteiger partial charge in [0, 0.05) is 13.1 Å². The summed E-state index contributed by atoms with van der Waals surface area (Å²) in [6.45, 7) is -0.0530. The number of hydrogen-bond donors (Lipinski definition) is 1. The van der Waals surface area contributed by atoms with Crippen molar-refractivity contribution in [2.45, 2.75) is 25.8 Å². The van der Waals surface area contributed by atoms with Crippen LogP contribution in [0.15, 0.2) is 4.79 Å². The predicted octanol–water partition coefficient (Wildman–Crippen LogP) is -0.290. The summed E-state index contributed by atoms with van der Waals surface area (Å²) in [5, 5.41) is 6.55. The molecule has 8 heteroatoms. The third-order valence-corrected chi connectivity index (χ3v) is 2.12. The molecule has 0 fully saturated rings. The average molecular weight is 222 g/mol. The molecule has 2 rings (SSSR count). The molecule has 0 spiro atoms. The van der Waals surface area contributed by atoms with Gasteiger partial charge in [-0.15, -0.1) is 0 Å². The highest BCUT2D eigenvalue weighted by Gasteiger charge is 2.31. The second kappa shape index (κ2) is 3.37. The van der Waals surface area contributed by atoms with Crippen LogP contribution in [0, 0.1) is 0 Å². The number of hydrogen-bond acceptors (Lipinski definition) is 3. The lowest BCUT2D eigenvalue weighted by Crippen LogP contribution is -2.35. The van der Waals surface area contributed by atoms with Crippen molar-refractivity contribution in [2.75, 3.05) is 6.54 Å².